The second-order valence-corrected chi connectivity index (χ2v) is 7.82. The van der Waals surface area contributed by atoms with Gasteiger partial charge in [0.25, 0.3) is 10.0 Å². The van der Waals surface area contributed by atoms with E-state index in [1.165, 1.54) is 17.1 Å². The molecule has 3 rings (SSSR count). The minimum atomic E-state index is -3.57. The molecule has 1 aromatic rings. The molecule has 1 aliphatic carbocycles. The van der Waals surface area contributed by atoms with Crippen molar-refractivity contribution in [3.05, 3.63) is 17.9 Å². The van der Waals surface area contributed by atoms with Crippen LogP contribution in [0.15, 0.2) is 21.6 Å². The maximum absolute atomic E-state index is 12.6. The molecule has 0 amide bonds. The Morgan fingerprint density at radius 3 is 2.52 bits per heavy atom. The zero-order valence-electron chi connectivity index (χ0n) is 12.4. The lowest BCUT2D eigenvalue weighted by Gasteiger charge is -2.33. The Hall–Kier alpha value is -0.890. The Morgan fingerprint density at radius 2 is 1.90 bits per heavy atom. The summed E-state index contributed by atoms with van der Waals surface area (Å²) in [4.78, 5) is 0. The summed E-state index contributed by atoms with van der Waals surface area (Å²) in [6, 6.07) is 3.84. The van der Waals surface area contributed by atoms with E-state index >= 15 is 0 Å². The Bertz CT molecular complexity index is 584. The average Bonchev–Trinajstić information content (AvgIpc) is 3.11. The lowest BCUT2D eigenvalue weighted by Crippen LogP contribution is -2.47. The predicted octanol–water partition coefficient (Wildman–Crippen LogP) is 1.33. The molecule has 0 spiro atoms. The normalized spacial score (nSPS) is 27.9. The monoisotopic (exact) mass is 314 g/mol. The summed E-state index contributed by atoms with van der Waals surface area (Å²) in [7, 11) is -3.57. The Labute approximate surface area is 125 Å². The Kier molecular flexibility index (Phi) is 4.09. The molecule has 2 fully saturated rings. The van der Waals surface area contributed by atoms with Crippen molar-refractivity contribution in [2.45, 2.75) is 56.6 Å². The largest absolute Gasteiger partial charge is 0.447 e. The van der Waals surface area contributed by atoms with Gasteiger partial charge in [0.1, 0.15) is 5.76 Å². The molecule has 2 unspecified atom stereocenters. The molecule has 1 aliphatic heterocycles. The van der Waals surface area contributed by atoms with Crippen LogP contribution in [0.4, 0.5) is 0 Å². The maximum atomic E-state index is 12.6. The van der Waals surface area contributed by atoms with Crippen LogP contribution in [0.25, 0.3) is 0 Å². The number of hydrogen-bond acceptors (Lipinski definition) is 5. The van der Waals surface area contributed by atoms with E-state index in [9.17, 15) is 8.42 Å². The van der Waals surface area contributed by atoms with E-state index in [0.29, 0.717) is 31.4 Å². The molecule has 21 heavy (non-hydrogen) atoms. The van der Waals surface area contributed by atoms with Gasteiger partial charge in [-0.25, -0.2) is 8.42 Å². The highest BCUT2D eigenvalue weighted by Gasteiger charge is 2.34. The number of morpholine rings is 1. The Balaban J connectivity index is 1.71. The van der Waals surface area contributed by atoms with Gasteiger partial charge in [-0.05, 0) is 38.8 Å². The van der Waals surface area contributed by atoms with Gasteiger partial charge in [0.2, 0.25) is 5.09 Å². The summed E-state index contributed by atoms with van der Waals surface area (Å²) in [5, 5.41) is 3.33. The second-order valence-electron chi connectivity index (χ2n) is 5.96. The minimum Gasteiger partial charge on any atom is -0.447 e. The molecule has 6 nitrogen and oxygen atoms in total. The van der Waals surface area contributed by atoms with Crippen LogP contribution in [0, 0.1) is 0 Å². The number of ether oxygens (including phenoxy) is 1. The van der Waals surface area contributed by atoms with E-state index in [0.717, 1.165) is 0 Å². The van der Waals surface area contributed by atoms with Crippen LogP contribution in [0.5, 0.6) is 0 Å². The molecule has 1 N–H and O–H groups in total. The van der Waals surface area contributed by atoms with Crippen molar-refractivity contribution in [1.82, 2.24) is 9.62 Å². The highest BCUT2D eigenvalue weighted by atomic mass is 32.2. The van der Waals surface area contributed by atoms with Gasteiger partial charge < -0.3 is 14.5 Å². The summed E-state index contributed by atoms with van der Waals surface area (Å²) >= 11 is 0. The van der Waals surface area contributed by atoms with E-state index in [1.807, 2.05) is 13.8 Å². The van der Waals surface area contributed by atoms with E-state index < -0.39 is 10.0 Å². The van der Waals surface area contributed by atoms with Gasteiger partial charge in [-0.15, -0.1) is 0 Å². The number of rotatable bonds is 5. The van der Waals surface area contributed by atoms with Crippen molar-refractivity contribution in [3.63, 3.8) is 0 Å². The maximum Gasteiger partial charge on any atom is 0.276 e. The highest BCUT2D eigenvalue weighted by Crippen LogP contribution is 2.24. The molecule has 2 atom stereocenters. The number of nitrogens with zero attached hydrogens (tertiary/aromatic N) is 1. The zero-order chi connectivity index (χ0) is 15.0. The third-order valence-electron chi connectivity index (χ3n) is 3.76. The van der Waals surface area contributed by atoms with Gasteiger partial charge in [0.05, 0.1) is 18.8 Å². The standard InChI is InChI=1S/C14H22N2O4S/c1-10-8-16(9-11(2)19-10)21(17,18)14-6-5-13(20-14)7-15-12-3-4-12/h5-6,10-12,15H,3-4,7-9H2,1-2H3. The first-order chi connectivity index (χ1) is 9.95. The molecule has 2 heterocycles. The molecule has 1 saturated heterocycles. The van der Waals surface area contributed by atoms with Gasteiger partial charge in [0, 0.05) is 19.1 Å². The molecule has 118 valence electrons. The molecule has 7 heteroatoms. The summed E-state index contributed by atoms with van der Waals surface area (Å²) in [5.41, 5.74) is 0. The van der Waals surface area contributed by atoms with E-state index in [1.54, 1.807) is 12.1 Å². The number of hydrogen-bond donors (Lipinski definition) is 1. The van der Waals surface area contributed by atoms with Crippen LogP contribution >= 0.6 is 0 Å². The third-order valence-corrected chi connectivity index (χ3v) is 5.47. The molecule has 0 aromatic carbocycles. The van der Waals surface area contributed by atoms with Gasteiger partial charge in [0.15, 0.2) is 0 Å². The first-order valence-electron chi connectivity index (χ1n) is 7.43. The highest BCUT2D eigenvalue weighted by molar-refractivity contribution is 7.89. The van der Waals surface area contributed by atoms with Gasteiger partial charge in [-0.3, -0.25) is 0 Å². The molecule has 0 bridgehead atoms. The predicted molar refractivity (Wildman–Crippen MR) is 77.3 cm³/mol. The third kappa shape index (κ3) is 3.48. The van der Waals surface area contributed by atoms with Crippen LogP contribution in [-0.2, 0) is 21.3 Å². The van der Waals surface area contributed by atoms with Crippen LogP contribution in [0.1, 0.15) is 32.4 Å². The fraction of sp³-hybridized carbons (Fsp3) is 0.714. The molecule has 1 aromatic heterocycles. The molecule has 0 radical (unpaired) electrons. The van der Waals surface area contributed by atoms with Crippen LogP contribution in [0.2, 0.25) is 0 Å². The number of furan rings is 1. The van der Waals surface area contributed by atoms with Gasteiger partial charge in [-0.2, -0.15) is 4.31 Å². The molecular weight excluding hydrogens is 292 g/mol. The van der Waals surface area contributed by atoms with Crippen molar-refractivity contribution in [2.24, 2.45) is 0 Å². The fourth-order valence-corrected chi connectivity index (χ4v) is 4.10. The Morgan fingerprint density at radius 1 is 1.24 bits per heavy atom. The first kappa shape index (κ1) is 15.0. The van der Waals surface area contributed by atoms with Crippen LogP contribution in [0.3, 0.4) is 0 Å². The van der Waals surface area contributed by atoms with E-state index in [-0.39, 0.29) is 17.3 Å². The van der Waals surface area contributed by atoms with Gasteiger partial charge in [-0.1, -0.05) is 0 Å². The van der Waals surface area contributed by atoms with E-state index in [2.05, 4.69) is 5.32 Å². The smallest absolute Gasteiger partial charge is 0.276 e. The topological polar surface area (TPSA) is 71.8 Å². The van der Waals surface area contributed by atoms with Crippen molar-refractivity contribution in [2.75, 3.05) is 13.1 Å². The number of nitrogens with one attached hydrogen (secondary N) is 1. The second kappa shape index (κ2) is 5.72. The average molecular weight is 314 g/mol. The molecule has 2 aliphatic rings. The number of sulfonamides is 1. The van der Waals surface area contributed by atoms with E-state index in [4.69, 9.17) is 9.15 Å². The quantitative estimate of drug-likeness (QED) is 0.888. The lowest BCUT2D eigenvalue weighted by molar-refractivity contribution is -0.0443. The first-order valence-corrected chi connectivity index (χ1v) is 8.87. The zero-order valence-corrected chi connectivity index (χ0v) is 13.2. The summed E-state index contributed by atoms with van der Waals surface area (Å²) in [5.74, 6) is 0.662. The van der Waals surface area contributed by atoms with Crippen molar-refractivity contribution >= 4 is 10.0 Å². The summed E-state index contributed by atoms with van der Waals surface area (Å²) < 4.78 is 37.7. The molecular formula is C14H22N2O4S. The fourth-order valence-electron chi connectivity index (χ4n) is 2.58. The van der Waals surface area contributed by atoms with Gasteiger partial charge >= 0.3 is 0 Å². The van der Waals surface area contributed by atoms with Crippen molar-refractivity contribution in [3.8, 4) is 0 Å². The van der Waals surface area contributed by atoms with Crippen LogP contribution in [-0.4, -0.2) is 44.1 Å². The summed E-state index contributed by atoms with van der Waals surface area (Å²) in [6.07, 6.45) is 2.18. The lowest BCUT2D eigenvalue weighted by atomic mass is 10.3. The van der Waals surface area contributed by atoms with Crippen molar-refractivity contribution < 1.29 is 17.6 Å². The minimum absolute atomic E-state index is 0.0244. The molecule has 1 saturated carbocycles. The summed E-state index contributed by atoms with van der Waals surface area (Å²) in [6.45, 7) is 5.07. The SMILES string of the molecule is CC1CN(S(=O)(=O)c2ccc(CNC3CC3)o2)CC(C)O1. The van der Waals surface area contributed by atoms with Crippen molar-refractivity contribution in [1.29, 1.82) is 0 Å². The van der Waals surface area contributed by atoms with Crippen LogP contribution < -0.4 is 5.32 Å².